The van der Waals surface area contributed by atoms with Crippen LogP contribution in [0.5, 0.6) is 0 Å². The van der Waals surface area contributed by atoms with Crippen LogP contribution in [0.4, 0.5) is 5.13 Å². The first-order valence-corrected chi connectivity index (χ1v) is 10.7. The number of thiazole rings is 1. The van der Waals surface area contributed by atoms with Crippen molar-refractivity contribution in [2.45, 2.75) is 6.42 Å². The SMILES string of the molecule is CN(C)CCCN(C(=O)c1ccc2ccccc2c1)c1nc2c(Cl)cccc2s1.Cl. The molecule has 0 aliphatic carbocycles. The Morgan fingerprint density at radius 1 is 1.00 bits per heavy atom. The molecule has 0 unspecified atom stereocenters. The van der Waals surface area contributed by atoms with Crippen molar-refractivity contribution in [1.82, 2.24) is 9.88 Å². The van der Waals surface area contributed by atoms with Crippen LogP contribution in [-0.2, 0) is 0 Å². The zero-order valence-corrected chi connectivity index (χ0v) is 19.2. The second-order valence-corrected chi connectivity index (χ2v) is 8.67. The molecule has 0 saturated heterocycles. The van der Waals surface area contributed by atoms with Crippen LogP contribution in [0.2, 0.25) is 5.02 Å². The summed E-state index contributed by atoms with van der Waals surface area (Å²) in [4.78, 5) is 22.1. The van der Waals surface area contributed by atoms with Crippen LogP contribution in [-0.4, -0.2) is 43.0 Å². The summed E-state index contributed by atoms with van der Waals surface area (Å²) in [6, 6.07) is 19.6. The number of carbonyl (C=O) groups excluding carboxylic acids is 1. The lowest BCUT2D eigenvalue weighted by Gasteiger charge is -2.21. The minimum atomic E-state index is -0.0373. The largest absolute Gasteiger partial charge is 0.309 e. The fourth-order valence-electron chi connectivity index (χ4n) is 3.33. The molecule has 0 fully saturated rings. The van der Waals surface area contributed by atoms with Gasteiger partial charge in [-0.1, -0.05) is 59.3 Å². The summed E-state index contributed by atoms with van der Waals surface area (Å²) in [5.41, 5.74) is 1.41. The average Bonchev–Trinajstić information content (AvgIpc) is 3.15. The number of benzene rings is 3. The molecule has 0 bridgehead atoms. The van der Waals surface area contributed by atoms with Crippen molar-refractivity contribution in [2.75, 3.05) is 32.1 Å². The van der Waals surface area contributed by atoms with Crippen molar-refractivity contribution >= 4 is 67.4 Å². The molecule has 0 atom stereocenters. The topological polar surface area (TPSA) is 36.4 Å². The van der Waals surface area contributed by atoms with E-state index in [1.807, 2.05) is 74.8 Å². The summed E-state index contributed by atoms with van der Waals surface area (Å²) in [5, 5.41) is 3.47. The fraction of sp³-hybridized carbons (Fsp3) is 0.217. The summed E-state index contributed by atoms with van der Waals surface area (Å²) in [6.07, 6.45) is 0.857. The zero-order valence-electron chi connectivity index (χ0n) is 16.8. The Kier molecular flexibility index (Phi) is 7.32. The van der Waals surface area contributed by atoms with E-state index in [1.54, 1.807) is 4.90 Å². The van der Waals surface area contributed by atoms with Gasteiger partial charge in [0.1, 0.15) is 5.52 Å². The van der Waals surface area contributed by atoms with Crippen molar-refractivity contribution in [3.05, 3.63) is 71.2 Å². The molecule has 156 valence electrons. The Morgan fingerprint density at radius 3 is 2.50 bits per heavy atom. The summed E-state index contributed by atoms with van der Waals surface area (Å²) in [5.74, 6) is -0.0373. The molecule has 0 N–H and O–H groups in total. The summed E-state index contributed by atoms with van der Waals surface area (Å²) in [7, 11) is 4.07. The molecule has 7 heteroatoms. The molecule has 0 radical (unpaired) electrons. The van der Waals surface area contributed by atoms with Crippen LogP contribution in [0, 0.1) is 0 Å². The highest BCUT2D eigenvalue weighted by Crippen LogP contribution is 2.33. The molecule has 0 aliphatic rings. The standard InChI is InChI=1S/C23H22ClN3OS.ClH/c1-26(2)13-6-14-27(23-25-21-19(24)9-5-10-20(21)29-23)22(28)18-12-11-16-7-3-4-8-17(16)15-18;/h3-5,7-12,15H,6,13-14H2,1-2H3;1H. The van der Waals surface area contributed by atoms with Gasteiger partial charge in [0.25, 0.3) is 5.91 Å². The maximum Gasteiger partial charge on any atom is 0.260 e. The third-order valence-corrected chi connectivity index (χ3v) is 6.17. The predicted molar refractivity (Wildman–Crippen MR) is 131 cm³/mol. The van der Waals surface area contributed by atoms with Gasteiger partial charge in [-0.25, -0.2) is 4.98 Å². The number of fused-ring (bicyclic) bond motifs is 2. The first-order valence-electron chi connectivity index (χ1n) is 9.53. The summed E-state index contributed by atoms with van der Waals surface area (Å²) < 4.78 is 0.983. The zero-order chi connectivity index (χ0) is 20.4. The monoisotopic (exact) mass is 459 g/mol. The van der Waals surface area contributed by atoms with E-state index in [4.69, 9.17) is 16.6 Å². The number of para-hydroxylation sites is 1. The number of halogens is 2. The second kappa shape index (κ2) is 9.75. The Balaban J connectivity index is 0.00000256. The van der Waals surface area contributed by atoms with E-state index < -0.39 is 0 Å². The van der Waals surface area contributed by atoms with Crippen LogP contribution in [0.25, 0.3) is 21.0 Å². The molecule has 1 amide bonds. The molecule has 0 aliphatic heterocycles. The number of anilines is 1. The number of amides is 1. The van der Waals surface area contributed by atoms with Gasteiger partial charge >= 0.3 is 0 Å². The molecule has 0 spiro atoms. The van der Waals surface area contributed by atoms with E-state index >= 15 is 0 Å². The number of nitrogens with zero attached hydrogens (tertiary/aromatic N) is 3. The Hall–Kier alpha value is -2.18. The smallest absolute Gasteiger partial charge is 0.260 e. The van der Waals surface area contributed by atoms with Gasteiger partial charge in [-0.05, 0) is 62.1 Å². The third kappa shape index (κ3) is 4.76. The van der Waals surface area contributed by atoms with Gasteiger partial charge in [-0.15, -0.1) is 12.4 Å². The minimum Gasteiger partial charge on any atom is -0.309 e. The van der Waals surface area contributed by atoms with E-state index in [0.717, 1.165) is 34.0 Å². The lowest BCUT2D eigenvalue weighted by molar-refractivity contribution is 0.0986. The van der Waals surface area contributed by atoms with Crippen molar-refractivity contribution in [2.24, 2.45) is 0 Å². The van der Waals surface area contributed by atoms with Crippen LogP contribution < -0.4 is 4.90 Å². The first kappa shape index (κ1) is 22.5. The van der Waals surface area contributed by atoms with Gasteiger partial charge in [0.15, 0.2) is 5.13 Å². The molecule has 30 heavy (non-hydrogen) atoms. The highest BCUT2D eigenvalue weighted by Gasteiger charge is 2.22. The van der Waals surface area contributed by atoms with E-state index in [0.29, 0.717) is 22.3 Å². The normalized spacial score (nSPS) is 11.1. The molecule has 4 nitrogen and oxygen atoms in total. The highest BCUT2D eigenvalue weighted by molar-refractivity contribution is 7.22. The predicted octanol–water partition coefficient (Wildman–Crippen LogP) is 6.12. The lowest BCUT2D eigenvalue weighted by atomic mass is 10.1. The van der Waals surface area contributed by atoms with Gasteiger partial charge in [-0.2, -0.15) is 0 Å². The molecule has 1 heterocycles. The summed E-state index contributed by atoms with van der Waals surface area (Å²) >= 11 is 7.82. The molecule has 0 saturated carbocycles. The maximum absolute atomic E-state index is 13.5. The van der Waals surface area contributed by atoms with Crippen LogP contribution in [0.15, 0.2) is 60.7 Å². The van der Waals surface area contributed by atoms with Crippen LogP contribution >= 0.6 is 35.3 Å². The van der Waals surface area contributed by atoms with Gasteiger partial charge in [0.05, 0.1) is 9.72 Å². The van der Waals surface area contributed by atoms with E-state index in [9.17, 15) is 4.79 Å². The fourth-order valence-corrected chi connectivity index (χ4v) is 4.62. The molecule has 4 aromatic rings. The summed E-state index contributed by atoms with van der Waals surface area (Å²) in [6.45, 7) is 1.49. The van der Waals surface area contributed by atoms with Crippen molar-refractivity contribution < 1.29 is 4.79 Å². The Labute approximate surface area is 191 Å². The van der Waals surface area contributed by atoms with E-state index in [1.165, 1.54) is 11.3 Å². The molecule has 1 aromatic heterocycles. The van der Waals surface area contributed by atoms with Crippen LogP contribution in [0.1, 0.15) is 16.8 Å². The number of hydrogen-bond donors (Lipinski definition) is 0. The Bertz CT molecular complexity index is 1180. The minimum absolute atomic E-state index is 0. The molecule has 4 rings (SSSR count). The van der Waals surface area contributed by atoms with Gasteiger partial charge in [-0.3, -0.25) is 9.69 Å². The third-order valence-electron chi connectivity index (χ3n) is 4.82. The first-order chi connectivity index (χ1) is 14.0. The molecular formula is C23H23Cl2N3OS. The van der Waals surface area contributed by atoms with Crippen molar-refractivity contribution in [1.29, 1.82) is 0 Å². The number of hydrogen-bond acceptors (Lipinski definition) is 4. The number of carbonyl (C=O) groups is 1. The molecular weight excluding hydrogens is 437 g/mol. The Morgan fingerprint density at radius 2 is 1.77 bits per heavy atom. The highest BCUT2D eigenvalue weighted by atomic mass is 35.5. The maximum atomic E-state index is 13.5. The van der Waals surface area contributed by atoms with Crippen LogP contribution in [0.3, 0.4) is 0 Å². The quantitative estimate of drug-likeness (QED) is 0.348. The van der Waals surface area contributed by atoms with Gasteiger partial charge < -0.3 is 4.90 Å². The lowest BCUT2D eigenvalue weighted by Crippen LogP contribution is -2.33. The average molecular weight is 460 g/mol. The van der Waals surface area contributed by atoms with E-state index in [2.05, 4.69) is 4.90 Å². The second-order valence-electron chi connectivity index (χ2n) is 7.26. The van der Waals surface area contributed by atoms with Gasteiger partial charge in [0.2, 0.25) is 0 Å². The van der Waals surface area contributed by atoms with E-state index in [-0.39, 0.29) is 18.3 Å². The number of aromatic nitrogens is 1. The van der Waals surface area contributed by atoms with Gasteiger partial charge in [0, 0.05) is 12.1 Å². The van der Waals surface area contributed by atoms with Crippen molar-refractivity contribution in [3.8, 4) is 0 Å². The molecule has 3 aromatic carbocycles. The van der Waals surface area contributed by atoms with Crippen molar-refractivity contribution in [3.63, 3.8) is 0 Å². The number of rotatable bonds is 6.